The average Bonchev–Trinajstić information content (AvgIpc) is 2.78. The van der Waals surface area contributed by atoms with Crippen molar-refractivity contribution in [2.24, 2.45) is 5.73 Å². The summed E-state index contributed by atoms with van der Waals surface area (Å²) in [6.07, 6.45) is 0.588. The molecule has 1 unspecified atom stereocenters. The number of sulfonamides is 1. The maximum absolute atomic E-state index is 12.5. The summed E-state index contributed by atoms with van der Waals surface area (Å²) in [5.74, 6) is -1.21. The largest absolute Gasteiger partial charge is 0.478 e. The summed E-state index contributed by atoms with van der Waals surface area (Å²) < 4.78 is 26.4. The van der Waals surface area contributed by atoms with Gasteiger partial charge in [-0.2, -0.15) is 4.31 Å². The number of halogens is 1. The molecule has 1 aromatic rings. The Hall–Kier alpha value is -1.15. The van der Waals surface area contributed by atoms with Crippen molar-refractivity contribution in [3.05, 3.63) is 28.3 Å². The van der Waals surface area contributed by atoms with Gasteiger partial charge in [-0.25, -0.2) is 13.2 Å². The fourth-order valence-electron chi connectivity index (χ4n) is 2.26. The Bertz CT molecular complexity index is 660. The van der Waals surface area contributed by atoms with Gasteiger partial charge in [-0.3, -0.25) is 0 Å². The molecule has 1 fully saturated rings. The van der Waals surface area contributed by atoms with Crippen LogP contribution < -0.4 is 5.73 Å². The highest BCUT2D eigenvalue weighted by molar-refractivity contribution is 7.89. The van der Waals surface area contributed by atoms with Gasteiger partial charge < -0.3 is 10.8 Å². The van der Waals surface area contributed by atoms with E-state index in [1.165, 1.54) is 23.4 Å². The van der Waals surface area contributed by atoms with Gasteiger partial charge in [0.2, 0.25) is 10.0 Å². The zero-order valence-corrected chi connectivity index (χ0v) is 12.4. The lowest BCUT2D eigenvalue weighted by molar-refractivity contribution is 0.0696. The van der Waals surface area contributed by atoms with Gasteiger partial charge in [-0.15, -0.1) is 0 Å². The third-order valence-electron chi connectivity index (χ3n) is 3.36. The minimum absolute atomic E-state index is 0.0727. The lowest BCUT2D eigenvalue weighted by atomic mass is 10.1. The van der Waals surface area contributed by atoms with Crippen LogP contribution >= 0.6 is 11.6 Å². The molecule has 0 saturated carbocycles. The van der Waals surface area contributed by atoms with Crippen LogP contribution in [0.5, 0.6) is 0 Å². The predicted molar refractivity (Wildman–Crippen MR) is 74.5 cm³/mol. The molecule has 0 aromatic heterocycles. The van der Waals surface area contributed by atoms with Crippen molar-refractivity contribution in [1.82, 2.24) is 4.31 Å². The van der Waals surface area contributed by atoms with Gasteiger partial charge in [-0.05, 0) is 31.0 Å². The van der Waals surface area contributed by atoms with Crippen LogP contribution in [-0.2, 0) is 10.0 Å². The number of benzene rings is 1. The van der Waals surface area contributed by atoms with Crippen molar-refractivity contribution in [1.29, 1.82) is 0 Å². The van der Waals surface area contributed by atoms with Gasteiger partial charge in [0.15, 0.2) is 0 Å². The number of hydrogen-bond acceptors (Lipinski definition) is 4. The molecule has 1 aliphatic rings. The number of nitrogens with zero attached hydrogens (tertiary/aromatic N) is 1. The van der Waals surface area contributed by atoms with Crippen LogP contribution in [0.15, 0.2) is 17.0 Å². The summed E-state index contributed by atoms with van der Waals surface area (Å²) in [6.45, 7) is 2.03. The minimum Gasteiger partial charge on any atom is -0.478 e. The van der Waals surface area contributed by atoms with Crippen molar-refractivity contribution in [3.63, 3.8) is 0 Å². The fourth-order valence-corrected chi connectivity index (χ4v) is 4.32. The van der Waals surface area contributed by atoms with Crippen LogP contribution in [0.4, 0.5) is 0 Å². The summed E-state index contributed by atoms with van der Waals surface area (Å²) in [7, 11) is -3.78. The molecule has 1 saturated heterocycles. The van der Waals surface area contributed by atoms with E-state index in [0.29, 0.717) is 13.0 Å². The van der Waals surface area contributed by atoms with E-state index in [1.54, 1.807) is 0 Å². The molecule has 0 amide bonds. The first-order chi connectivity index (χ1) is 9.23. The van der Waals surface area contributed by atoms with Crippen LogP contribution in [0.1, 0.15) is 22.3 Å². The van der Waals surface area contributed by atoms with Crippen LogP contribution in [0.2, 0.25) is 5.02 Å². The Kier molecular flexibility index (Phi) is 4.06. The molecule has 0 radical (unpaired) electrons. The highest BCUT2D eigenvalue weighted by atomic mass is 35.5. The Morgan fingerprint density at radius 3 is 2.65 bits per heavy atom. The lowest BCUT2D eigenvalue weighted by Gasteiger charge is -2.18. The maximum Gasteiger partial charge on any atom is 0.336 e. The number of carboxylic acid groups (broad SMARTS) is 1. The second kappa shape index (κ2) is 5.33. The summed E-state index contributed by atoms with van der Waals surface area (Å²) in [6, 6.07) is 2.33. The van der Waals surface area contributed by atoms with E-state index in [2.05, 4.69) is 0 Å². The molecule has 3 N–H and O–H groups in total. The monoisotopic (exact) mass is 318 g/mol. The number of nitrogens with two attached hydrogens (primary N) is 1. The number of carboxylic acids is 1. The zero-order valence-electron chi connectivity index (χ0n) is 10.8. The van der Waals surface area contributed by atoms with E-state index in [-0.39, 0.29) is 33.6 Å². The predicted octanol–water partition coefficient (Wildman–Crippen LogP) is 1.07. The van der Waals surface area contributed by atoms with Crippen LogP contribution in [-0.4, -0.2) is 42.9 Å². The normalized spacial score (nSPS) is 20.2. The average molecular weight is 319 g/mol. The minimum atomic E-state index is -3.78. The molecule has 1 atom stereocenters. The Balaban J connectivity index is 2.55. The van der Waals surface area contributed by atoms with E-state index < -0.39 is 16.0 Å². The molecule has 1 heterocycles. The van der Waals surface area contributed by atoms with Crippen molar-refractivity contribution in [2.75, 3.05) is 13.1 Å². The molecule has 0 bridgehead atoms. The topological polar surface area (TPSA) is 101 Å². The first kappa shape index (κ1) is 15.2. The molecule has 20 heavy (non-hydrogen) atoms. The molecular formula is C12H15ClN2O4S. The molecule has 0 spiro atoms. The van der Waals surface area contributed by atoms with Gasteiger partial charge >= 0.3 is 5.97 Å². The van der Waals surface area contributed by atoms with Crippen LogP contribution in [0.25, 0.3) is 0 Å². The third kappa shape index (κ3) is 2.67. The van der Waals surface area contributed by atoms with E-state index in [9.17, 15) is 13.2 Å². The molecule has 1 aliphatic heterocycles. The standard InChI is InChI=1S/C12H15ClN2O4S/c1-7-10(12(16)17)4-8(13)5-11(7)20(18,19)15-3-2-9(14)6-15/h4-5,9H,2-3,6,14H2,1H3,(H,16,17). The second-order valence-electron chi connectivity index (χ2n) is 4.79. The fraction of sp³-hybridized carbons (Fsp3) is 0.417. The Morgan fingerprint density at radius 1 is 1.50 bits per heavy atom. The van der Waals surface area contributed by atoms with Gasteiger partial charge in [0.05, 0.1) is 10.5 Å². The SMILES string of the molecule is Cc1c(C(=O)O)cc(Cl)cc1S(=O)(=O)N1CCC(N)C1. The molecule has 110 valence electrons. The van der Waals surface area contributed by atoms with Gasteiger partial charge in [0.25, 0.3) is 0 Å². The van der Waals surface area contributed by atoms with Crippen molar-refractivity contribution >= 4 is 27.6 Å². The van der Waals surface area contributed by atoms with E-state index in [0.717, 1.165) is 0 Å². The summed E-state index contributed by atoms with van der Waals surface area (Å²) in [4.78, 5) is 11.1. The zero-order chi connectivity index (χ0) is 15.1. The first-order valence-corrected chi connectivity index (χ1v) is 7.84. The second-order valence-corrected chi connectivity index (χ2v) is 7.14. The van der Waals surface area contributed by atoms with E-state index in [4.69, 9.17) is 22.4 Å². The summed E-state index contributed by atoms with van der Waals surface area (Å²) in [5.41, 5.74) is 5.79. The lowest BCUT2D eigenvalue weighted by Crippen LogP contribution is -2.32. The quantitative estimate of drug-likeness (QED) is 0.868. The van der Waals surface area contributed by atoms with E-state index >= 15 is 0 Å². The molecule has 8 heteroatoms. The Morgan fingerprint density at radius 2 is 2.15 bits per heavy atom. The smallest absolute Gasteiger partial charge is 0.336 e. The maximum atomic E-state index is 12.5. The summed E-state index contributed by atoms with van der Waals surface area (Å²) >= 11 is 5.84. The number of aromatic carboxylic acids is 1. The van der Waals surface area contributed by atoms with Crippen molar-refractivity contribution in [3.8, 4) is 0 Å². The van der Waals surface area contributed by atoms with Crippen molar-refractivity contribution in [2.45, 2.75) is 24.3 Å². The first-order valence-electron chi connectivity index (χ1n) is 6.02. The van der Waals surface area contributed by atoms with Crippen LogP contribution in [0, 0.1) is 6.92 Å². The highest BCUT2D eigenvalue weighted by Gasteiger charge is 2.33. The van der Waals surface area contributed by atoms with E-state index in [1.807, 2.05) is 0 Å². The Labute approximate surface area is 122 Å². The highest BCUT2D eigenvalue weighted by Crippen LogP contribution is 2.28. The molecular weight excluding hydrogens is 304 g/mol. The van der Waals surface area contributed by atoms with Gasteiger partial charge in [0, 0.05) is 24.2 Å². The molecule has 2 rings (SSSR count). The number of carbonyl (C=O) groups is 1. The molecule has 0 aliphatic carbocycles. The third-order valence-corrected chi connectivity index (χ3v) is 5.57. The van der Waals surface area contributed by atoms with Crippen molar-refractivity contribution < 1.29 is 18.3 Å². The van der Waals surface area contributed by atoms with Gasteiger partial charge in [-0.1, -0.05) is 11.6 Å². The molecule has 1 aromatic carbocycles. The summed E-state index contributed by atoms with van der Waals surface area (Å²) in [5, 5.41) is 9.18. The molecule has 6 nitrogen and oxygen atoms in total. The van der Waals surface area contributed by atoms with Gasteiger partial charge in [0.1, 0.15) is 0 Å². The van der Waals surface area contributed by atoms with Crippen LogP contribution in [0.3, 0.4) is 0 Å². The number of rotatable bonds is 3. The number of hydrogen-bond donors (Lipinski definition) is 2.